The number of aromatic nitrogens is 2. The average molecular weight is 559 g/mol. The molecule has 0 aliphatic carbocycles. The number of imidazole rings is 1. The van der Waals surface area contributed by atoms with E-state index in [1.807, 2.05) is 80.6 Å². The number of aryl methyl sites for hydroxylation is 1. The third-order valence-corrected chi connectivity index (χ3v) is 6.87. The summed E-state index contributed by atoms with van der Waals surface area (Å²) in [6.45, 7) is 4.30. The number of carbonyl (C=O) groups excluding carboxylic acids is 2. The van der Waals surface area contributed by atoms with Gasteiger partial charge in [0.2, 0.25) is 12.3 Å². The van der Waals surface area contributed by atoms with Gasteiger partial charge in [0.15, 0.2) is 0 Å². The van der Waals surface area contributed by atoms with Crippen molar-refractivity contribution in [1.82, 2.24) is 19.9 Å². The monoisotopic (exact) mass is 558 g/mol. The van der Waals surface area contributed by atoms with Gasteiger partial charge >= 0.3 is 0 Å². The molecule has 0 saturated carbocycles. The number of hydrogen-bond donors (Lipinski definition) is 2. The lowest BCUT2D eigenvalue weighted by molar-refractivity contribution is -0.154. The third-order valence-electron chi connectivity index (χ3n) is 6.87. The Bertz CT molecular complexity index is 1440. The van der Waals surface area contributed by atoms with Crippen molar-refractivity contribution in [2.45, 2.75) is 39.8 Å². The topological polar surface area (TPSA) is 96.7 Å². The lowest BCUT2D eigenvalue weighted by atomic mass is 9.98. The molecule has 1 aromatic heterocycles. The third kappa shape index (κ3) is 7.58. The molecular formula is C32H35FN4O4. The summed E-state index contributed by atoms with van der Waals surface area (Å²) < 4.78 is 22.9. The molecule has 0 saturated heterocycles. The van der Waals surface area contributed by atoms with Crippen LogP contribution in [0.1, 0.15) is 36.4 Å². The Morgan fingerprint density at radius 3 is 2.41 bits per heavy atom. The smallest absolute Gasteiger partial charge is 0.297 e. The number of benzene rings is 3. The van der Waals surface area contributed by atoms with Crippen LogP contribution >= 0.6 is 0 Å². The van der Waals surface area contributed by atoms with Crippen LogP contribution in [0.4, 0.5) is 4.39 Å². The number of hydrogen-bond acceptors (Lipinski definition) is 5. The standard InChI is InChI=1S/C32H35FN4O4/c1-3-29-30(19-34-31(39)27(20-36(40)22-38)17-23-11-7-5-8-12-23)37(32(35-29)41-4-2)21-26-16-15-25(18-28(26)33)24-13-9-6-10-14-24/h5-16,18,22,27,40H,3-4,17,19-21H2,1-2H3,(H,34,39). The van der Waals surface area contributed by atoms with Crippen molar-refractivity contribution in [1.29, 1.82) is 0 Å². The molecule has 0 spiro atoms. The van der Waals surface area contributed by atoms with Crippen molar-refractivity contribution < 1.29 is 23.9 Å². The lowest BCUT2D eigenvalue weighted by Gasteiger charge is -2.20. The predicted octanol–water partition coefficient (Wildman–Crippen LogP) is 5.02. The van der Waals surface area contributed by atoms with E-state index in [4.69, 9.17) is 4.74 Å². The Labute approximate surface area is 239 Å². The van der Waals surface area contributed by atoms with Gasteiger partial charge in [-0.05, 0) is 42.5 Å². The molecule has 41 heavy (non-hydrogen) atoms. The van der Waals surface area contributed by atoms with Crippen molar-refractivity contribution in [2.75, 3.05) is 13.2 Å². The minimum absolute atomic E-state index is 0.115. The highest BCUT2D eigenvalue weighted by atomic mass is 19.1. The van der Waals surface area contributed by atoms with E-state index >= 15 is 4.39 Å². The van der Waals surface area contributed by atoms with Crippen LogP contribution in [0.25, 0.3) is 11.1 Å². The van der Waals surface area contributed by atoms with Crippen LogP contribution < -0.4 is 10.1 Å². The van der Waals surface area contributed by atoms with E-state index in [1.165, 1.54) is 6.07 Å². The van der Waals surface area contributed by atoms with Crippen molar-refractivity contribution in [3.05, 3.63) is 107 Å². The number of nitrogens with one attached hydrogen (secondary N) is 1. The van der Waals surface area contributed by atoms with Crippen LogP contribution in [0.3, 0.4) is 0 Å². The molecule has 0 fully saturated rings. The van der Waals surface area contributed by atoms with Crippen molar-refractivity contribution in [3.8, 4) is 17.1 Å². The average Bonchev–Trinajstić information content (AvgIpc) is 3.33. The Kier molecular flexibility index (Phi) is 10.2. The first-order valence-corrected chi connectivity index (χ1v) is 13.7. The number of hydroxylamine groups is 2. The quantitative estimate of drug-likeness (QED) is 0.129. The van der Waals surface area contributed by atoms with Crippen LogP contribution in [-0.4, -0.2) is 45.3 Å². The highest BCUT2D eigenvalue weighted by molar-refractivity contribution is 5.79. The second kappa shape index (κ2) is 14.2. The summed E-state index contributed by atoms with van der Waals surface area (Å²) in [4.78, 5) is 29.0. The van der Waals surface area contributed by atoms with E-state index in [0.717, 1.165) is 22.4 Å². The summed E-state index contributed by atoms with van der Waals surface area (Å²) in [6.07, 6.45) is 1.19. The molecule has 0 bridgehead atoms. The summed E-state index contributed by atoms with van der Waals surface area (Å²) in [6, 6.07) is 24.5. The van der Waals surface area contributed by atoms with Gasteiger partial charge in [-0.15, -0.1) is 0 Å². The van der Waals surface area contributed by atoms with Gasteiger partial charge in [0.1, 0.15) is 5.82 Å². The first-order valence-electron chi connectivity index (χ1n) is 13.7. The number of carbonyl (C=O) groups is 2. The molecule has 8 nitrogen and oxygen atoms in total. The van der Waals surface area contributed by atoms with E-state index in [1.54, 1.807) is 10.6 Å². The second-order valence-corrected chi connectivity index (χ2v) is 9.66. The molecule has 4 aromatic rings. The molecule has 2 amide bonds. The zero-order valence-electron chi connectivity index (χ0n) is 23.3. The maximum Gasteiger partial charge on any atom is 0.297 e. The lowest BCUT2D eigenvalue weighted by Crippen LogP contribution is -2.39. The fourth-order valence-corrected chi connectivity index (χ4v) is 4.77. The fraction of sp³-hybridized carbons (Fsp3) is 0.281. The van der Waals surface area contributed by atoms with Gasteiger partial charge in [-0.3, -0.25) is 19.4 Å². The number of ether oxygens (including phenoxy) is 1. The molecule has 1 heterocycles. The summed E-state index contributed by atoms with van der Waals surface area (Å²) in [7, 11) is 0. The molecular weight excluding hydrogens is 523 g/mol. The Morgan fingerprint density at radius 2 is 1.78 bits per heavy atom. The molecule has 3 aromatic carbocycles. The number of rotatable bonds is 14. The van der Waals surface area contributed by atoms with E-state index in [2.05, 4.69) is 10.3 Å². The summed E-state index contributed by atoms with van der Waals surface area (Å²) in [5.41, 5.74) is 4.49. The maximum absolute atomic E-state index is 15.3. The van der Waals surface area contributed by atoms with Crippen LogP contribution in [0.15, 0.2) is 78.9 Å². The molecule has 0 radical (unpaired) electrons. The minimum atomic E-state index is -0.691. The summed E-state index contributed by atoms with van der Waals surface area (Å²) in [5.74, 6) is -1.38. The molecule has 2 N–H and O–H groups in total. The normalized spacial score (nSPS) is 11.6. The van der Waals surface area contributed by atoms with Crippen molar-refractivity contribution in [2.24, 2.45) is 5.92 Å². The van der Waals surface area contributed by atoms with Crippen molar-refractivity contribution >= 4 is 12.3 Å². The number of amides is 2. The highest BCUT2D eigenvalue weighted by Crippen LogP contribution is 2.26. The van der Waals surface area contributed by atoms with Gasteiger partial charge in [0.05, 0.1) is 43.5 Å². The first-order chi connectivity index (χ1) is 19.9. The molecule has 214 valence electrons. The molecule has 4 rings (SSSR count). The van der Waals surface area contributed by atoms with Crippen LogP contribution in [0.2, 0.25) is 0 Å². The van der Waals surface area contributed by atoms with Gasteiger partial charge in [-0.25, -0.2) is 9.45 Å². The van der Waals surface area contributed by atoms with Gasteiger partial charge in [-0.1, -0.05) is 79.7 Å². The van der Waals surface area contributed by atoms with E-state index in [9.17, 15) is 14.8 Å². The van der Waals surface area contributed by atoms with Gasteiger partial charge in [0, 0.05) is 5.56 Å². The Hall–Kier alpha value is -4.50. The molecule has 9 heteroatoms. The van der Waals surface area contributed by atoms with Crippen LogP contribution in [0.5, 0.6) is 6.01 Å². The van der Waals surface area contributed by atoms with E-state index in [0.29, 0.717) is 41.8 Å². The van der Waals surface area contributed by atoms with E-state index in [-0.39, 0.29) is 37.8 Å². The second-order valence-electron chi connectivity index (χ2n) is 9.66. The Morgan fingerprint density at radius 1 is 1.07 bits per heavy atom. The van der Waals surface area contributed by atoms with Gasteiger partial charge in [-0.2, -0.15) is 4.98 Å². The minimum Gasteiger partial charge on any atom is -0.465 e. The SMILES string of the molecule is CCOc1nc(CC)c(CNC(=O)C(Cc2ccccc2)CN(O)C=O)n1Cc1ccc(-c2ccccc2)cc1F. The van der Waals surface area contributed by atoms with Gasteiger partial charge in [0.25, 0.3) is 6.01 Å². The van der Waals surface area contributed by atoms with Crippen LogP contribution in [-0.2, 0) is 35.5 Å². The van der Waals surface area contributed by atoms with Gasteiger partial charge < -0.3 is 10.1 Å². The predicted molar refractivity (Wildman–Crippen MR) is 154 cm³/mol. The zero-order chi connectivity index (χ0) is 29.2. The zero-order valence-corrected chi connectivity index (χ0v) is 23.3. The van der Waals surface area contributed by atoms with Crippen molar-refractivity contribution in [3.63, 3.8) is 0 Å². The first kappa shape index (κ1) is 29.5. The van der Waals surface area contributed by atoms with E-state index < -0.39 is 5.92 Å². The molecule has 0 aliphatic heterocycles. The molecule has 0 aliphatic rings. The maximum atomic E-state index is 15.3. The Balaban J connectivity index is 1.58. The summed E-state index contributed by atoms with van der Waals surface area (Å²) >= 11 is 0. The number of nitrogens with zero attached hydrogens (tertiary/aromatic N) is 3. The fourth-order valence-electron chi connectivity index (χ4n) is 4.77. The molecule has 1 unspecified atom stereocenters. The largest absolute Gasteiger partial charge is 0.465 e. The van der Waals surface area contributed by atoms with Crippen LogP contribution in [0, 0.1) is 11.7 Å². The number of halogens is 1. The highest BCUT2D eigenvalue weighted by Gasteiger charge is 2.24. The summed E-state index contributed by atoms with van der Waals surface area (Å²) in [5, 5.41) is 13.3. The molecule has 1 atom stereocenters.